The second-order valence-electron chi connectivity index (χ2n) is 5.26. The number of nitrogens with zero attached hydrogens (tertiary/aromatic N) is 2. The first-order valence-corrected chi connectivity index (χ1v) is 6.31. The maximum Gasteiger partial charge on any atom is 0.185 e. The smallest absolute Gasteiger partial charge is 0.185 e. The molecule has 1 aliphatic rings. The van der Waals surface area contributed by atoms with Crippen LogP contribution in [0, 0.1) is 0 Å². The highest BCUT2D eigenvalue weighted by Gasteiger charge is 2.24. The standard InChI is InChI=1S/C11H19N3S/c1-11(2,3)9-7-15-10(13-9)14-5-4-8(12)6-14/h7-8H,4-6,12H2,1-3H3. The molecule has 1 aromatic heterocycles. The molecule has 0 aliphatic carbocycles. The molecule has 84 valence electrons. The average molecular weight is 225 g/mol. The lowest BCUT2D eigenvalue weighted by Gasteiger charge is -2.16. The van der Waals surface area contributed by atoms with Crippen LogP contribution in [0.5, 0.6) is 0 Å². The van der Waals surface area contributed by atoms with Crippen LogP contribution in [0.15, 0.2) is 5.38 Å². The van der Waals surface area contributed by atoms with Crippen LogP contribution >= 0.6 is 11.3 Å². The number of aromatic nitrogens is 1. The van der Waals surface area contributed by atoms with Crippen molar-refractivity contribution in [1.82, 2.24) is 4.98 Å². The van der Waals surface area contributed by atoms with Crippen molar-refractivity contribution in [2.24, 2.45) is 5.73 Å². The third kappa shape index (κ3) is 2.32. The molecule has 0 amide bonds. The molecule has 2 heterocycles. The second-order valence-corrected chi connectivity index (χ2v) is 6.10. The van der Waals surface area contributed by atoms with E-state index < -0.39 is 0 Å². The van der Waals surface area contributed by atoms with Gasteiger partial charge in [-0.2, -0.15) is 0 Å². The van der Waals surface area contributed by atoms with Gasteiger partial charge in [-0.1, -0.05) is 20.8 Å². The van der Waals surface area contributed by atoms with Crippen LogP contribution in [-0.4, -0.2) is 24.1 Å². The number of nitrogens with two attached hydrogens (primary N) is 1. The summed E-state index contributed by atoms with van der Waals surface area (Å²) in [5.41, 5.74) is 7.22. The normalized spacial score (nSPS) is 22.4. The summed E-state index contributed by atoms with van der Waals surface area (Å²) in [6.07, 6.45) is 1.09. The molecule has 1 saturated heterocycles. The summed E-state index contributed by atoms with van der Waals surface area (Å²) in [5, 5.41) is 3.30. The Bertz CT molecular complexity index is 340. The molecule has 2 rings (SSSR count). The summed E-state index contributed by atoms with van der Waals surface area (Å²) in [4.78, 5) is 6.98. The minimum atomic E-state index is 0.149. The first kappa shape index (κ1) is 10.9. The van der Waals surface area contributed by atoms with Gasteiger partial charge in [-0.3, -0.25) is 0 Å². The molecule has 1 aromatic rings. The highest BCUT2D eigenvalue weighted by atomic mass is 32.1. The molecule has 1 atom stereocenters. The van der Waals surface area contributed by atoms with Crippen molar-refractivity contribution in [3.05, 3.63) is 11.1 Å². The van der Waals surface area contributed by atoms with E-state index in [2.05, 4.69) is 36.0 Å². The zero-order chi connectivity index (χ0) is 11.1. The molecule has 1 aliphatic heterocycles. The van der Waals surface area contributed by atoms with Gasteiger partial charge >= 0.3 is 0 Å². The van der Waals surface area contributed by atoms with Gasteiger partial charge in [0.25, 0.3) is 0 Å². The topological polar surface area (TPSA) is 42.1 Å². The highest BCUT2D eigenvalue weighted by Crippen LogP contribution is 2.29. The van der Waals surface area contributed by atoms with Crippen LogP contribution in [0.4, 0.5) is 5.13 Å². The van der Waals surface area contributed by atoms with Gasteiger partial charge in [0.1, 0.15) is 0 Å². The first-order valence-electron chi connectivity index (χ1n) is 5.43. The zero-order valence-corrected chi connectivity index (χ0v) is 10.5. The molecule has 1 unspecified atom stereocenters. The maximum atomic E-state index is 5.89. The van der Waals surface area contributed by atoms with Gasteiger partial charge in [0.2, 0.25) is 0 Å². The van der Waals surface area contributed by atoms with Gasteiger partial charge in [-0.15, -0.1) is 11.3 Å². The predicted molar refractivity (Wildman–Crippen MR) is 65.6 cm³/mol. The molecule has 0 aromatic carbocycles. The van der Waals surface area contributed by atoms with E-state index in [0.29, 0.717) is 6.04 Å². The molecule has 2 N–H and O–H groups in total. The Morgan fingerprint density at radius 3 is 2.73 bits per heavy atom. The van der Waals surface area contributed by atoms with Crippen molar-refractivity contribution < 1.29 is 0 Å². The average Bonchev–Trinajstić information content (AvgIpc) is 2.69. The largest absolute Gasteiger partial charge is 0.346 e. The van der Waals surface area contributed by atoms with E-state index >= 15 is 0 Å². The quantitative estimate of drug-likeness (QED) is 0.794. The van der Waals surface area contributed by atoms with E-state index in [0.717, 1.165) is 24.6 Å². The molecule has 15 heavy (non-hydrogen) atoms. The van der Waals surface area contributed by atoms with E-state index in [9.17, 15) is 0 Å². The van der Waals surface area contributed by atoms with E-state index in [1.54, 1.807) is 11.3 Å². The van der Waals surface area contributed by atoms with Gasteiger partial charge in [-0.25, -0.2) is 4.98 Å². The third-order valence-corrected chi connectivity index (χ3v) is 3.66. The molecule has 0 spiro atoms. The van der Waals surface area contributed by atoms with Crippen molar-refractivity contribution >= 4 is 16.5 Å². The van der Waals surface area contributed by atoms with Crippen molar-refractivity contribution in [2.45, 2.75) is 38.6 Å². The Morgan fingerprint density at radius 1 is 1.53 bits per heavy atom. The van der Waals surface area contributed by atoms with Crippen molar-refractivity contribution in [2.75, 3.05) is 18.0 Å². The minimum Gasteiger partial charge on any atom is -0.346 e. The predicted octanol–water partition coefficient (Wildman–Crippen LogP) is 1.98. The summed E-state index contributed by atoms with van der Waals surface area (Å²) in [6, 6.07) is 0.326. The molecule has 3 nitrogen and oxygen atoms in total. The molecular formula is C11H19N3S. The fourth-order valence-corrected chi connectivity index (χ4v) is 2.80. The Morgan fingerprint density at radius 2 is 2.27 bits per heavy atom. The number of thiazole rings is 1. The van der Waals surface area contributed by atoms with Gasteiger partial charge < -0.3 is 10.6 Å². The van der Waals surface area contributed by atoms with E-state index in [-0.39, 0.29) is 5.41 Å². The molecule has 0 radical (unpaired) electrons. The lowest BCUT2D eigenvalue weighted by molar-refractivity contribution is 0.572. The minimum absolute atomic E-state index is 0.149. The van der Waals surface area contributed by atoms with Crippen LogP contribution < -0.4 is 10.6 Å². The molecule has 0 saturated carbocycles. The number of anilines is 1. The van der Waals surface area contributed by atoms with Crippen LogP contribution in [0.25, 0.3) is 0 Å². The van der Waals surface area contributed by atoms with Crippen molar-refractivity contribution in [3.63, 3.8) is 0 Å². The van der Waals surface area contributed by atoms with Gasteiger partial charge in [-0.05, 0) is 6.42 Å². The van der Waals surface area contributed by atoms with Crippen LogP contribution in [-0.2, 0) is 5.41 Å². The third-order valence-electron chi connectivity index (χ3n) is 2.76. The van der Waals surface area contributed by atoms with Gasteiger partial charge in [0, 0.05) is 29.9 Å². The number of hydrogen-bond acceptors (Lipinski definition) is 4. The van der Waals surface area contributed by atoms with E-state index in [1.165, 1.54) is 5.69 Å². The van der Waals surface area contributed by atoms with Gasteiger partial charge in [0.05, 0.1) is 5.69 Å². The Labute approximate surface area is 95.3 Å². The zero-order valence-electron chi connectivity index (χ0n) is 9.66. The second kappa shape index (κ2) is 3.76. The Balaban J connectivity index is 2.14. The monoisotopic (exact) mass is 225 g/mol. The number of rotatable bonds is 1. The van der Waals surface area contributed by atoms with Crippen LogP contribution in [0.2, 0.25) is 0 Å². The van der Waals surface area contributed by atoms with Crippen molar-refractivity contribution in [1.29, 1.82) is 0 Å². The molecule has 1 fully saturated rings. The molecule has 4 heteroatoms. The summed E-state index contributed by atoms with van der Waals surface area (Å²) >= 11 is 1.73. The van der Waals surface area contributed by atoms with Crippen molar-refractivity contribution in [3.8, 4) is 0 Å². The van der Waals surface area contributed by atoms with Crippen LogP contribution in [0.3, 0.4) is 0 Å². The summed E-state index contributed by atoms with van der Waals surface area (Å²) in [7, 11) is 0. The Hall–Kier alpha value is -0.610. The summed E-state index contributed by atoms with van der Waals surface area (Å²) in [5.74, 6) is 0. The summed E-state index contributed by atoms with van der Waals surface area (Å²) < 4.78 is 0. The summed E-state index contributed by atoms with van der Waals surface area (Å²) in [6.45, 7) is 8.60. The first-order chi connectivity index (χ1) is 6.97. The molecular weight excluding hydrogens is 206 g/mol. The SMILES string of the molecule is CC(C)(C)c1csc(N2CCC(N)C2)n1. The van der Waals surface area contributed by atoms with E-state index in [1.807, 2.05) is 0 Å². The lowest BCUT2D eigenvalue weighted by atomic mass is 9.93. The Kier molecular flexibility index (Phi) is 2.73. The highest BCUT2D eigenvalue weighted by molar-refractivity contribution is 7.13. The van der Waals surface area contributed by atoms with Crippen LogP contribution in [0.1, 0.15) is 32.9 Å². The maximum absolute atomic E-state index is 5.89. The fourth-order valence-electron chi connectivity index (χ4n) is 1.72. The van der Waals surface area contributed by atoms with Gasteiger partial charge in [0.15, 0.2) is 5.13 Å². The lowest BCUT2D eigenvalue weighted by Crippen LogP contribution is -2.26. The fraction of sp³-hybridized carbons (Fsp3) is 0.727. The molecule has 0 bridgehead atoms. The number of hydrogen-bond donors (Lipinski definition) is 1. The van der Waals surface area contributed by atoms with E-state index in [4.69, 9.17) is 5.73 Å².